The van der Waals surface area contributed by atoms with E-state index in [0.29, 0.717) is 16.5 Å². The zero-order valence-corrected chi connectivity index (χ0v) is 12.7. The first-order valence-electron chi connectivity index (χ1n) is 7.27. The lowest BCUT2D eigenvalue weighted by Crippen LogP contribution is -2.42. The third kappa shape index (κ3) is 3.35. The smallest absolute Gasteiger partial charge is 0.326 e. The van der Waals surface area contributed by atoms with Gasteiger partial charge in [-0.3, -0.25) is 4.79 Å². The summed E-state index contributed by atoms with van der Waals surface area (Å²) in [6.45, 7) is 0. The molecule has 2 aromatic heterocycles. The van der Waals surface area contributed by atoms with Gasteiger partial charge in [0.2, 0.25) is 5.76 Å². The standard InChI is InChI=1S/C17H12FN3O4/c18-10-1-3-12-9(8-20-13(12)6-10)5-14(17(23)24)21-16(22)15-4-2-11(7-19)25-15/h1-4,6,8,14,20H,5H2,(H,21,22)(H,23,24). The number of nitrogens with one attached hydrogen (secondary N) is 2. The van der Waals surface area contributed by atoms with E-state index in [1.54, 1.807) is 18.3 Å². The van der Waals surface area contributed by atoms with Crippen LogP contribution >= 0.6 is 0 Å². The maximum absolute atomic E-state index is 13.2. The normalized spacial score (nSPS) is 11.8. The van der Waals surface area contributed by atoms with Gasteiger partial charge < -0.3 is 19.8 Å². The second kappa shape index (κ2) is 6.49. The van der Waals surface area contributed by atoms with Gasteiger partial charge >= 0.3 is 5.97 Å². The van der Waals surface area contributed by atoms with E-state index in [2.05, 4.69) is 10.3 Å². The Hall–Kier alpha value is -3.60. The van der Waals surface area contributed by atoms with E-state index >= 15 is 0 Å². The van der Waals surface area contributed by atoms with E-state index in [0.717, 1.165) is 0 Å². The topological polar surface area (TPSA) is 119 Å². The predicted octanol–water partition coefficient (Wildman–Crippen LogP) is 2.20. The number of furan rings is 1. The molecule has 0 bridgehead atoms. The number of amides is 1. The third-order valence-corrected chi connectivity index (χ3v) is 3.70. The molecule has 8 heteroatoms. The number of hydrogen-bond donors (Lipinski definition) is 3. The van der Waals surface area contributed by atoms with Gasteiger partial charge in [-0.2, -0.15) is 5.26 Å². The number of carboxylic acid groups (broad SMARTS) is 1. The monoisotopic (exact) mass is 341 g/mol. The number of carbonyl (C=O) groups excluding carboxylic acids is 1. The van der Waals surface area contributed by atoms with Gasteiger partial charge in [-0.05, 0) is 35.9 Å². The highest BCUT2D eigenvalue weighted by atomic mass is 19.1. The number of rotatable bonds is 5. The zero-order chi connectivity index (χ0) is 18.0. The van der Waals surface area contributed by atoms with Crippen LogP contribution in [0.15, 0.2) is 40.9 Å². The molecule has 0 aliphatic carbocycles. The highest BCUT2D eigenvalue weighted by Gasteiger charge is 2.24. The number of nitrogens with zero attached hydrogens (tertiary/aromatic N) is 1. The number of nitriles is 1. The molecule has 126 valence electrons. The van der Waals surface area contributed by atoms with Gasteiger partial charge in [0.05, 0.1) is 0 Å². The minimum atomic E-state index is -1.23. The summed E-state index contributed by atoms with van der Waals surface area (Å²) in [5, 5.41) is 21.1. The van der Waals surface area contributed by atoms with Crippen LogP contribution < -0.4 is 5.32 Å². The van der Waals surface area contributed by atoms with Gasteiger partial charge in [0.15, 0.2) is 5.76 Å². The van der Waals surface area contributed by atoms with Crippen LogP contribution in [-0.4, -0.2) is 28.0 Å². The second-order valence-electron chi connectivity index (χ2n) is 5.35. The Labute approximate surface area is 140 Å². The van der Waals surface area contributed by atoms with Crippen LogP contribution in [0.5, 0.6) is 0 Å². The number of aliphatic carboxylic acids is 1. The average molecular weight is 341 g/mol. The Kier molecular flexibility index (Phi) is 4.22. The molecule has 1 amide bonds. The number of carbonyl (C=O) groups is 2. The number of aromatic nitrogens is 1. The Bertz CT molecular complexity index is 999. The van der Waals surface area contributed by atoms with Crippen LogP contribution in [0.25, 0.3) is 10.9 Å². The lowest BCUT2D eigenvalue weighted by Gasteiger charge is -2.13. The van der Waals surface area contributed by atoms with Crippen molar-refractivity contribution in [1.29, 1.82) is 5.26 Å². The zero-order valence-electron chi connectivity index (χ0n) is 12.7. The first-order chi connectivity index (χ1) is 12.0. The summed E-state index contributed by atoms with van der Waals surface area (Å²) in [4.78, 5) is 26.4. The van der Waals surface area contributed by atoms with Crippen molar-refractivity contribution >= 4 is 22.8 Å². The highest BCUT2D eigenvalue weighted by Crippen LogP contribution is 2.20. The Morgan fingerprint density at radius 1 is 1.36 bits per heavy atom. The van der Waals surface area contributed by atoms with Gasteiger partial charge in [-0.1, -0.05) is 0 Å². The molecule has 0 radical (unpaired) electrons. The van der Waals surface area contributed by atoms with Crippen LogP contribution in [-0.2, 0) is 11.2 Å². The van der Waals surface area contributed by atoms with E-state index < -0.39 is 23.7 Å². The van der Waals surface area contributed by atoms with Crippen molar-refractivity contribution < 1.29 is 23.5 Å². The fourth-order valence-corrected chi connectivity index (χ4v) is 2.50. The second-order valence-corrected chi connectivity index (χ2v) is 5.35. The Balaban J connectivity index is 1.80. The summed E-state index contributed by atoms with van der Waals surface area (Å²) in [5.74, 6) is -2.56. The first-order valence-corrected chi connectivity index (χ1v) is 7.27. The highest BCUT2D eigenvalue weighted by molar-refractivity contribution is 5.94. The van der Waals surface area contributed by atoms with E-state index in [9.17, 15) is 19.1 Å². The van der Waals surface area contributed by atoms with Crippen molar-refractivity contribution in [2.45, 2.75) is 12.5 Å². The largest absolute Gasteiger partial charge is 0.480 e. The van der Waals surface area contributed by atoms with Gasteiger partial charge in [0.1, 0.15) is 17.9 Å². The average Bonchev–Trinajstić information content (AvgIpc) is 3.20. The maximum Gasteiger partial charge on any atom is 0.326 e. The predicted molar refractivity (Wildman–Crippen MR) is 84.3 cm³/mol. The SMILES string of the molecule is N#Cc1ccc(C(=O)NC(Cc2c[nH]c3cc(F)ccc23)C(=O)O)o1. The minimum Gasteiger partial charge on any atom is -0.480 e. The van der Waals surface area contributed by atoms with Crippen molar-refractivity contribution in [3.05, 3.63) is 59.4 Å². The molecule has 0 aliphatic heterocycles. The van der Waals surface area contributed by atoms with Crippen LogP contribution in [0.1, 0.15) is 21.9 Å². The molecule has 1 aromatic carbocycles. The summed E-state index contributed by atoms with van der Waals surface area (Å²) < 4.78 is 18.2. The van der Waals surface area contributed by atoms with Gasteiger partial charge in [0, 0.05) is 23.5 Å². The molecule has 0 saturated heterocycles. The molecule has 25 heavy (non-hydrogen) atoms. The van der Waals surface area contributed by atoms with Gasteiger partial charge in [-0.25, -0.2) is 9.18 Å². The molecule has 0 fully saturated rings. The lowest BCUT2D eigenvalue weighted by molar-refractivity contribution is -0.139. The molecule has 0 saturated carbocycles. The third-order valence-electron chi connectivity index (χ3n) is 3.70. The molecule has 1 unspecified atom stereocenters. The summed E-state index contributed by atoms with van der Waals surface area (Å²) in [5.41, 5.74) is 1.16. The number of hydrogen-bond acceptors (Lipinski definition) is 4. The fourth-order valence-electron chi connectivity index (χ4n) is 2.50. The van der Waals surface area contributed by atoms with Crippen LogP contribution in [0.4, 0.5) is 4.39 Å². The van der Waals surface area contributed by atoms with Crippen molar-refractivity contribution in [3.63, 3.8) is 0 Å². The van der Waals surface area contributed by atoms with Crippen molar-refractivity contribution in [3.8, 4) is 6.07 Å². The van der Waals surface area contributed by atoms with Gasteiger partial charge in [-0.15, -0.1) is 0 Å². The number of fused-ring (bicyclic) bond motifs is 1. The molecule has 3 rings (SSSR count). The molecule has 3 N–H and O–H groups in total. The number of halogens is 1. The Morgan fingerprint density at radius 3 is 2.84 bits per heavy atom. The summed E-state index contributed by atoms with van der Waals surface area (Å²) in [7, 11) is 0. The van der Waals surface area contributed by atoms with Crippen LogP contribution in [0, 0.1) is 17.1 Å². The number of H-pyrrole nitrogens is 1. The molecule has 1 atom stereocenters. The number of benzene rings is 1. The molecule has 7 nitrogen and oxygen atoms in total. The molecule has 2 heterocycles. The maximum atomic E-state index is 13.2. The Morgan fingerprint density at radius 2 is 2.16 bits per heavy atom. The molecule has 0 spiro atoms. The first kappa shape index (κ1) is 16.3. The molecule has 0 aliphatic rings. The molecule has 3 aromatic rings. The summed E-state index contributed by atoms with van der Waals surface area (Å²) in [6.07, 6.45) is 1.57. The van der Waals surface area contributed by atoms with Crippen LogP contribution in [0.2, 0.25) is 0 Å². The number of aromatic amines is 1. The van der Waals surface area contributed by atoms with E-state index in [1.807, 2.05) is 0 Å². The minimum absolute atomic E-state index is 0.00147. The molecular formula is C17H12FN3O4. The summed E-state index contributed by atoms with van der Waals surface area (Å²) >= 11 is 0. The van der Waals surface area contributed by atoms with E-state index in [-0.39, 0.29) is 17.9 Å². The lowest BCUT2D eigenvalue weighted by atomic mass is 10.0. The van der Waals surface area contributed by atoms with Crippen molar-refractivity contribution in [2.24, 2.45) is 0 Å². The van der Waals surface area contributed by atoms with Crippen LogP contribution in [0.3, 0.4) is 0 Å². The quantitative estimate of drug-likeness (QED) is 0.657. The van der Waals surface area contributed by atoms with E-state index in [4.69, 9.17) is 9.68 Å². The summed E-state index contributed by atoms with van der Waals surface area (Å²) in [6, 6.07) is 7.26. The van der Waals surface area contributed by atoms with Gasteiger partial charge in [0.25, 0.3) is 5.91 Å². The van der Waals surface area contributed by atoms with E-state index in [1.165, 1.54) is 24.3 Å². The van der Waals surface area contributed by atoms with Crippen molar-refractivity contribution in [2.75, 3.05) is 0 Å². The molecular weight excluding hydrogens is 329 g/mol. The fraction of sp³-hybridized carbons (Fsp3) is 0.118. The van der Waals surface area contributed by atoms with Crippen molar-refractivity contribution in [1.82, 2.24) is 10.3 Å². The number of carboxylic acids is 1.